The average Bonchev–Trinajstić information content (AvgIpc) is 2.77. The molecule has 2 unspecified atom stereocenters. The fourth-order valence-electron chi connectivity index (χ4n) is 1.53. The predicted octanol–water partition coefficient (Wildman–Crippen LogP) is -1.57. The maximum atomic E-state index is 12.0. The molecule has 7 N–H and O–H groups in total. The minimum atomic E-state index is -1.72. The molecule has 0 aliphatic carbocycles. The first-order valence-electron chi connectivity index (χ1n) is 5.38. The molecule has 1 aliphatic rings. The third-order valence-electron chi connectivity index (χ3n) is 2.68. The highest BCUT2D eigenvalue weighted by Crippen LogP contribution is 2.20. The van der Waals surface area contributed by atoms with E-state index in [9.17, 15) is 9.59 Å². The molecule has 0 radical (unpaired) electrons. The van der Waals surface area contributed by atoms with Gasteiger partial charge >= 0.3 is 5.97 Å². The van der Waals surface area contributed by atoms with Gasteiger partial charge in [0, 0.05) is 12.5 Å². The van der Waals surface area contributed by atoms with E-state index < -0.39 is 29.5 Å². The van der Waals surface area contributed by atoms with Crippen molar-refractivity contribution in [2.24, 2.45) is 38.3 Å². The van der Waals surface area contributed by atoms with Gasteiger partial charge in [0.25, 0.3) is 5.79 Å². The van der Waals surface area contributed by atoms with E-state index in [1.165, 1.54) is 0 Å². The van der Waals surface area contributed by atoms with Gasteiger partial charge in [-0.25, -0.2) is 4.99 Å². The SMILES string of the molecule is NCC(CC[C@H](N)C(=O)O)C(=O)C1(N)N=CN=N1. The van der Waals surface area contributed by atoms with Crippen LogP contribution >= 0.6 is 0 Å². The van der Waals surface area contributed by atoms with E-state index in [0.29, 0.717) is 0 Å². The highest BCUT2D eigenvalue weighted by molar-refractivity contribution is 5.91. The van der Waals surface area contributed by atoms with E-state index in [4.69, 9.17) is 22.3 Å². The van der Waals surface area contributed by atoms with Crippen molar-refractivity contribution in [1.29, 1.82) is 0 Å². The van der Waals surface area contributed by atoms with Crippen molar-refractivity contribution in [3.05, 3.63) is 0 Å². The molecule has 100 valence electrons. The van der Waals surface area contributed by atoms with Crippen LogP contribution in [0, 0.1) is 5.92 Å². The molecule has 0 aromatic heterocycles. The molecule has 0 bridgehead atoms. The third-order valence-corrected chi connectivity index (χ3v) is 2.68. The summed E-state index contributed by atoms with van der Waals surface area (Å²) in [6.07, 6.45) is 1.43. The number of nitrogens with two attached hydrogens (primary N) is 3. The van der Waals surface area contributed by atoms with Gasteiger partial charge in [0.1, 0.15) is 12.4 Å². The fourth-order valence-corrected chi connectivity index (χ4v) is 1.53. The molecule has 0 spiro atoms. The van der Waals surface area contributed by atoms with Gasteiger partial charge in [-0.1, -0.05) is 0 Å². The summed E-state index contributed by atoms with van der Waals surface area (Å²) >= 11 is 0. The summed E-state index contributed by atoms with van der Waals surface area (Å²) in [6, 6.07) is -1.03. The van der Waals surface area contributed by atoms with Crippen LogP contribution in [0.2, 0.25) is 0 Å². The van der Waals surface area contributed by atoms with E-state index in [2.05, 4.69) is 15.2 Å². The Morgan fingerprint density at radius 2 is 2.06 bits per heavy atom. The molecule has 9 nitrogen and oxygen atoms in total. The quantitative estimate of drug-likeness (QED) is 0.428. The molecule has 0 aromatic carbocycles. The number of hydrogen-bond donors (Lipinski definition) is 4. The van der Waals surface area contributed by atoms with Gasteiger partial charge in [-0.3, -0.25) is 15.3 Å². The lowest BCUT2D eigenvalue weighted by Crippen LogP contribution is -2.48. The van der Waals surface area contributed by atoms with Crippen LogP contribution in [0.4, 0.5) is 0 Å². The molecule has 0 amide bonds. The zero-order chi connectivity index (χ0) is 13.8. The van der Waals surface area contributed by atoms with Crippen molar-refractivity contribution in [2.45, 2.75) is 24.7 Å². The summed E-state index contributed by atoms with van der Waals surface area (Å²) in [5.41, 5.74) is 16.5. The summed E-state index contributed by atoms with van der Waals surface area (Å²) in [5.74, 6) is -3.98. The molecule has 3 atom stereocenters. The zero-order valence-corrected chi connectivity index (χ0v) is 9.69. The Bertz CT molecular complexity index is 382. The topological polar surface area (TPSA) is 170 Å². The van der Waals surface area contributed by atoms with Crippen LogP contribution in [0.3, 0.4) is 0 Å². The van der Waals surface area contributed by atoms with Gasteiger partial charge in [0.05, 0.1) is 0 Å². The smallest absolute Gasteiger partial charge is 0.320 e. The lowest BCUT2D eigenvalue weighted by Gasteiger charge is -2.21. The van der Waals surface area contributed by atoms with Crippen LogP contribution in [-0.4, -0.2) is 41.6 Å². The number of rotatable bonds is 7. The van der Waals surface area contributed by atoms with E-state index in [-0.39, 0.29) is 19.4 Å². The summed E-state index contributed by atoms with van der Waals surface area (Å²) in [5, 5.41) is 15.6. The molecular weight excluding hydrogens is 240 g/mol. The number of carbonyl (C=O) groups excluding carboxylic acids is 1. The van der Waals surface area contributed by atoms with Gasteiger partial charge in [-0.15, -0.1) is 10.2 Å². The van der Waals surface area contributed by atoms with E-state index in [0.717, 1.165) is 6.34 Å². The second-order valence-electron chi connectivity index (χ2n) is 4.01. The Morgan fingerprint density at radius 1 is 1.39 bits per heavy atom. The summed E-state index contributed by atoms with van der Waals surface area (Å²) < 4.78 is 0. The average molecular weight is 256 g/mol. The Morgan fingerprint density at radius 3 is 2.50 bits per heavy atom. The van der Waals surface area contributed by atoms with Crippen LogP contribution < -0.4 is 17.2 Å². The van der Waals surface area contributed by atoms with Crippen molar-refractivity contribution in [1.82, 2.24) is 0 Å². The third kappa shape index (κ3) is 3.15. The second kappa shape index (κ2) is 5.76. The number of nitrogens with zero attached hydrogens (tertiary/aromatic N) is 3. The minimum absolute atomic E-state index is 0.0230. The monoisotopic (exact) mass is 256 g/mol. The van der Waals surface area contributed by atoms with Crippen molar-refractivity contribution in [3.8, 4) is 0 Å². The van der Waals surface area contributed by atoms with Crippen molar-refractivity contribution >= 4 is 18.1 Å². The molecule has 18 heavy (non-hydrogen) atoms. The highest BCUT2D eigenvalue weighted by atomic mass is 16.4. The number of Topliss-reactive ketones (excluding diaryl/α,β-unsaturated/α-hetero) is 1. The van der Waals surface area contributed by atoms with Gasteiger partial charge in [0.15, 0.2) is 0 Å². The first kappa shape index (κ1) is 14.4. The van der Waals surface area contributed by atoms with E-state index >= 15 is 0 Å². The van der Waals surface area contributed by atoms with Crippen LogP contribution in [0.25, 0.3) is 0 Å². The molecular formula is C9H16N6O3. The standard InChI is InChI=1S/C9H16N6O3/c10-3-5(1-2-6(11)8(17)18)7(16)9(12)13-4-14-15-9/h4-6H,1-3,10-12H2,(H,17,18)/t5?,6-,9?/m0/s1. The highest BCUT2D eigenvalue weighted by Gasteiger charge is 2.39. The van der Waals surface area contributed by atoms with Crippen LogP contribution in [0.5, 0.6) is 0 Å². The Kier molecular flexibility index (Phi) is 4.59. The normalized spacial score (nSPS) is 25.1. The second-order valence-corrected chi connectivity index (χ2v) is 4.01. The number of aliphatic imine (C=N–C) groups is 1. The Labute approximate surface area is 103 Å². The molecule has 9 heteroatoms. The molecule has 0 saturated heterocycles. The van der Waals surface area contributed by atoms with Gasteiger partial charge in [-0.2, -0.15) is 0 Å². The van der Waals surface area contributed by atoms with Gasteiger partial charge in [0.2, 0.25) is 5.78 Å². The summed E-state index contributed by atoms with van der Waals surface area (Å²) in [6.45, 7) is 0.0230. The van der Waals surface area contributed by atoms with Crippen LogP contribution in [0.1, 0.15) is 12.8 Å². The van der Waals surface area contributed by atoms with Crippen molar-refractivity contribution < 1.29 is 14.7 Å². The molecule has 1 aliphatic heterocycles. The first-order valence-corrected chi connectivity index (χ1v) is 5.38. The van der Waals surface area contributed by atoms with E-state index in [1.54, 1.807) is 0 Å². The van der Waals surface area contributed by atoms with Crippen LogP contribution in [-0.2, 0) is 9.59 Å². The number of carbonyl (C=O) groups is 2. The number of carboxylic acid groups (broad SMARTS) is 1. The maximum Gasteiger partial charge on any atom is 0.320 e. The number of hydrogen-bond acceptors (Lipinski definition) is 8. The Hall–Kier alpha value is -1.71. The van der Waals surface area contributed by atoms with Gasteiger partial charge < -0.3 is 16.6 Å². The first-order chi connectivity index (χ1) is 8.40. The largest absolute Gasteiger partial charge is 0.480 e. The molecule has 1 rings (SSSR count). The Balaban J connectivity index is 2.61. The van der Waals surface area contributed by atoms with Gasteiger partial charge in [-0.05, 0) is 12.8 Å². The molecule has 0 saturated carbocycles. The van der Waals surface area contributed by atoms with Crippen molar-refractivity contribution in [3.63, 3.8) is 0 Å². The summed E-state index contributed by atoms with van der Waals surface area (Å²) in [4.78, 5) is 26.3. The molecule has 1 heterocycles. The number of azo groups is 1. The minimum Gasteiger partial charge on any atom is -0.480 e. The zero-order valence-electron chi connectivity index (χ0n) is 9.69. The predicted molar refractivity (Wildman–Crippen MR) is 62.7 cm³/mol. The summed E-state index contributed by atoms with van der Waals surface area (Å²) in [7, 11) is 0. The molecule has 0 fully saturated rings. The molecule has 0 aromatic rings. The fraction of sp³-hybridized carbons (Fsp3) is 0.667. The maximum absolute atomic E-state index is 12.0. The van der Waals surface area contributed by atoms with Crippen LogP contribution in [0.15, 0.2) is 15.2 Å². The number of carboxylic acids is 1. The van der Waals surface area contributed by atoms with E-state index in [1.807, 2.05) is 0 Å². The number of aliphatic carboxylic acids is 1. The number of ketones is 1. The lowest BCUT2D eigenvalue weighted by atomic mass is 9.92. The lowest BCUT2D eigenvalue weighted by molar-refractivity contribution is -0.139. The van der Waals surface area contributed by atoms with Crippen molar-refractivity contribution in [2.75, 3.05) is 6.54 Å².